The van der Waals surface area contributed by atoms with Gasteiger partial charge in [0.15, 0.2) is 5.96 Å². The van der Waals surface area contributed by atoms with Crippen molar-refractivity contribution < 1.29 is 4.79 Å². The summed E-state index contributed by atoms with van der Waals surface area (Å²) in [4.78, 5) is 18.7. The maximum absolute atomic E-state index is 12.1. The summed E-state index contributed by atoms with van der Waals surface area (Å²) in [6, 6.07) is 8.25. The molecule has 2 N–H and O–H groups in total. The number of hydrogen-bond acceptors (Lipinski definition) is 2. The molecule has 26 heavy (non-hydrogen) atoms. The average Bonchev–Trinajstić information content (AvgIpc) is 3.08. The Morgan fingerprint density at radius 1 is 1.35 bits per heavy atom. The number of nitrogens with one attached hydrogen (secondary N) is 2. The van der Waals surface area contributed by atoms with E-state index < -0.39 is 0 Å². The van der Waals surface area contributed by atoms with Crippen LogP contribution in [0.15, 0.2) is 29.3 Å². The quantitative estimate of drug-likeness (QED) is 0.435. The lowest BCUT2D eigenvalue weighted by molar-refractivity contribution is -0.133. The van der Waals surface area contributed by atoms with Gasteiger partial charge in [0.1, 0.15) is 0 Å². The summed E-state index contributed by atoms with van der Waals surface area (Å²) < 4.78 is 0. The van der Waals surface area contributed by atoms with E-state index in [2.05, 4.69) is 34.7 Å². The van der Waals surface area contributed by atoms with Crippen LogP contribution in [0.5, 0.6) is 0 Å². The number of amides is 1. The van der Waals surface area contributed by atoms with Crippen molar-refractivity contribution in [3.05, 3.63) is 34.9 Å². The molecule has 5 nitrogen and oxygen atoms in total. The fourth-order valence-corrected chi connectivity index (χ4v) is 3.21. The molecule has 0 aliphatic carbocycles. The van der Waals surface area contributed by atoms with Crippen molar-refractivity contribution >= 4 is 23.5 Å². The molecule has 0 spiro atoms. The molecule has 0 radical (unpaired) electrons. The maximum Gasteiger partial charge on any atom is 0.225 e. The zero-order valence-electron chi connectivity index (χ0n) is 16.1. The van der Waals surface area contributed by atoms with Crippen LogP contribution >= 0.6 is 11.6 Å². The molecule has 1 atom stereocenters. The first-order valence-electron chi connectivity index (χ1n) is 9.57. The number of rotatable bonds is 7. The Bertz CT molecular complexity index is 600. The molecule has 0 aromatic heterocycles. The third-order valence-corrected chi connectivity index (χ3v) is 4.74. The lowest BCUT2D eigenvalue weighted by Gasteiger charge is -2.20. The average molecular weight is 379 g/mol. The van der Waals surface area contributed by atoms with Gasteiger partial charge in [-0.25, -0.2) is 0 Å². The van der Waals surface area contributed by atoms with E-state index in [0.29, 0.717) is 0 Å². The molecular weight excluding hydrogens is 348 g/mol. The van der Waals surface area contributed by atoms with Gasteiger partial charge in [-0.1, -0.05) is 37.6 Å². The van der Waals surface area contributed by atoms with Gasteiger partial charge in [-0.3, -0.25) is 9.79 Å². The number of nitrogens with zero attached hydrogens (tertiary/aromatic N) is 2. The number of carbonyl (C=O) groups excluding carboxylic acids is 1. The Morgan fingerprint density at radius 3 is 2.73 bits per heavy atom. The summed E-state index contributed by atoms with van der Waals surface area (Å²) in [5, 5.41) is 7.55. The summed E-state index contributed by atoms with van der Waals surface area (Å²) in [6.07, 6.45) is 2.94. The van der Waals surface area contributed by atoms with Crippen molar-refractivity contribution in [2.75, 3.05) is 26.2 Å². The molecule has 1 aromatic rings. The molecule has 6 heteroatoms. The minimum atomic E-state index is 0.0588. The van der Waals surface area contributed by atoms with Gasteiger partial charge >= 0.3 is 0 Å². The van der Waals surface area contributed by atoms with Crippen molar-refractivity contribution in [3.63, 3.8) is 0 Å². The second-order valence-corrected chi connectivity index (χ2v) is 7.50. The van der Waals surface area contributed by atoms with E-state index in [9.17, 15) is 4.79 Å². The van der Waals surface area contributed by atoms with Crippen molar-refractivity contribution in [1.82, 2.24) is 15.5 Å². The standard InChI is InChI=1S/C20H31ClN4O/c1-4-22-20(23-12-5-6-16-7-9-17(21)10-8-16)24-18-11-13-25(14-18)19(26)15(2)3/h7-10,15,18H,4-6,11-14H2,1-3H3,(H2,22,23,24). The number of carbonyl (C=O) groups is 1. The molecule has 2 rings (SSSR count). The molecule has 1 saturated heterocycles. The largest absolute Gasteiger partial charge is 0.357 e. The number of halogens is 1. The third-order valence-electron chi connectivity index (χ3n) is 4.49. The zero-order valence-corrected chi connectivity index (χ0v) is 16.9. The first-order chi connectivity index (χ1) is 12.5. The van der Waals surface area contributed by atoms with Gasteiger partial charge in [0.05, 0.1) is 0 Å². The van der Waals surface area contributed by atoms with Gasteiger partial charge in [0.25, 0.3) is 0 Å². The van der Waals surface area contributed by atoms with Crippen LogP contribution in [0.2, 0.25) is 5.02 Å². The molecular formula is C20H31ClN4O. The molecule has 1 aliphatic rings. The van der Waals surface area contributed by atoms with Gasteiger partial charge in [0.2, 0.25) is 5.91 Å². The highest BCUT2D eigenvalue weighted by molar-refractivity contribution is 6.30. The molecule has 144 valence electrons. The summed E-state index contributed by atoms with van der Waals surface area (Å²) in [7, 11) is 0. The number of aryl methyl sites for hydroxylation is 1. The lowest BCUT2D eigenvalue weighted by atomic mass is 10.1. The number of likely N-dealkylation sites (tertiary alicyclic amines) is 1. The minimum Gasteiger partial charge on any atom is -0.357 e. The highest BCUT2D eigenvalue weighted by atomic mass is 35.5. The summed E-state index contributed by atoms with van der Waals surface area (Å²) in [6.45, 7) is 9.14. The Kier molecular flexibility index (Phi) is 8.23. The van der Waals surface area contributed by atoms with Gasteiger partial charge < -0.3 is 15.5 Å². The van der Waals surface area contributed by atoms with Crippen LogP contribution in [-0.2, 0) is 11.2 Å². The van der Waals surface area contributed by atoms with Gasteiger partial charge in [-0.2, -0.15) is 0 Å². The van der Waals surface area contributed by atoms with E-state index in [1.807, 2.05) is 30.9 Å². The smallest absolute Gasteiger partial charge is 0.225 e. The Balaban J connectivity index is 1.79. The van der Waals surface area contributed by atoms with Crippen LogP contribution < -0.4 is 10.6 Å². The summed E-state index contributed by atoms with van der Waals surface area (Å²) >= 11 is 5.91. The predicted octanol–water partition coefficient (Wildman–Crippen LogP) is 3.08. The number of aliphatic imine (C=N–C) groups is 1. The minimum absolute atomic E-state index is 0.0588. The van der Waals surface area contributed by atoms with Crippen molar-refractivity contribution in [2.45, 2.75) is 46.1 Å². The van der Waals surface area contributed by atoms with Crippen LogP contribution in [0.1, 0.15) is 39.2 Å². The summed E-state index contributed by atoms with van der Waals surface area (Å²) in [5.41, 5.74) is 1.28. The van der Waals surface area contributed by atoms with Crippen molar-refractivity contribution in [3.8, 4) is 0 Å². The van der Waals surface area contributed by atoms with Crippen LogP contribution in [0, 0.1) is 5.92 Å². The monoisotopic (exact) mass is 378 g/mol. The van der Waals surface area contributed by atoms with Gasteiger partial charge in [-0.05, 0) is 43.9 Å². The molecule has 1 fully saturated rings. The zero-order chi connectivity index (χ0) is 18.9. The van der Waals surface area contributed by atoms with Crippen LogP contribution in [0.3, 0.4) is 0 Å². The van der Waals surface area contributed by atoms with Gasteiger partial charge in [0, 0.05) is 43.2 Å². The first-order valence-corrected chi connectivity index (χ1v) is 9.95. The SMILES string of the molecule is CCNC(=NCCCc1ccc(Cl)cc1)NC1CCN(C(=O)C(C)C)C1. The second kappa shape index (κ2) is 10.4. The Labute approximate surface area is 162 Å². The van der Waals surface area contributed by atoms with E-state index in [1.165, 1.54) is 5.56 Å². The van der Waals surface area contributed by atoms with Crippen molar-refractivity contribution in [2.24, 2.45) is 10.9 Å². The first kappa shape index (κ1) is 20.6. The topological polar surface area (TPSA) is 56.7 Å². The molecule has 0 saturated carbocycles. The molecule has 1 heterocycles. The molecule has 1 aliphatic heterocycles. The fourth-order valence-electron chi connectivity index (χ4n) is 3.08. The van der Waals surface area contributed by atoms with E-state index in [0.717, 1.165) is 56.4 Å². The predicted molar refractivity (Wildman–Crippen MR) is 109 cm³/mol. The molecule has 0 bridgehead atoms. The number of benzene rings is 1. The molecule has 1 amide bonds. The van der Waals surface area contributed by atoms with Crippen LogP contribution in [0.25, 0.3) is 0 Å². The Hall–Kier alpha value is -1.75. The van der Waals surface area contributed by atoms with Gasteiger partial charge in [-0.15, -0.1) is 0 Å². The van der Waals surface area contributed by atoms with E-state index >= 15 is 0 Å². The summed E-state index contributed by atoms with van der Waals surface area (Å²) in [5.74, 6) is 1.13. The Morgan fingerprint density at radius 2 is 2.08 bits per heavy atom. The maximum atomic E-state index is 12.1. The second-order valence-electron chi connectivity index (χ2n) is 7.06. The normalized spacial score (nSPS) is 17.7. The van der Waals surface area contributed by atoms with E-state index in [1.54, 1.807) is 0 Å². The van der Waals surface area contributed by atoms with E-state index in [4.69, 9.17) is 11.6 Å². The highest BCUT2D eigenvalue weighted by Crippen LogP contribution is 2.13. The highest BCUT2D eigenvalue weighted by Gasteiger charge is 2.27. The van der Waals surface area contributed by atoms with E-state index in [-0.39, 0.29) is 17.9 Å². The molecule has 1 unspecified atom stereocenters. The fraction of sp³-hybridized carbons (Fsp3) is 0.600. The number of hydrogen-bond donors (Lipinski definition) is 2. The van der Waals surface area contributed by atoms with Crippen LogP contribution in [0.4, 0.5) is 0 Å². The number of guanidine groups is 1. The molecule has 1 aromatic carbocycles. The third kappa shape index (κ3) is 6.52. The van der Waals surface area contributed by atoms with Crippen molar-refractivity contribution in [1.29, 1.82) is 0 Å². The van der Waals surface area contributed by atoms with Crippen LogP contribution in [-0.4, -0.2) is 49.0 Å². The lowest BCUT2D eigenvalue weighted by Crippen LogP contribution is -2.45.